The molecule has 0 spiro atoms. The van der Waals surface area contributed by atoms with Crippen molar-refractivity contribution >= 4 is 15.9 Å². The largest absolute Gasteiger partial charge is 0.329 e. The summed E-state index contributed by atoms with van der Waals surface area (Å²) in [6, 6.07) is 7.63. The normalized spacial score (nSPS) is 24.9. The zero-order valence-corrected chi connectivity index (χ0v) is 14.5. The number of likely N-dealkylation sites (N-methyl/N-ethyl adjacent to an activating group) is 1. The summed E-state index contributed by atoms with van der Waals surface area (Å²) in [6.45, 7) is 5.20. The van der Waals surface area contributed by atoms with Crippen LogP contribution in [0.5, 0.6) is 0 Å². The van der Waals surface area contributed by atoms with Gasteiger partial charge in [0.25, 0.3) is 0 Å². The number of nitrogens with two attached hydrogens (primary N) is 1. The van der Waals surface area contributed by atoms with E-state index in [1.165, 1.54) is 41.3 Å². The molecule has 2 rings (SSSR count). The SMILES string of the molecule is Cc1cc(C(CN)N(C)C2CCC(C)CC2)ccc1Br. The first-order valence-electron chi connectivity index (χ1n) is 7.71. The number of halogens is 1. The lowest BCUT2D eigenvalue weighted by Crippen LogP contribution is -2.40. The van der Waals surface area contributed by atoms with Gasteiger partial charge in [0.15, 0.2) is 0 Å². The fourth-order valence-corrected chi connectivity index (χ4v) is 3.56. The van der Waals surface area contributed by atoms with Gasteiger partial charge in [-0.05, 0) is 62.8 Å². The molecular weight excluding hydrogens is 312 g/mol. The Hall–Kier alpha value is -0.380. The molecule has 0 amide bonds. The molecule has 1 fully saturated rings. The average Bonchev–Trinajstić information content (AvgIpc) is 2.44. The summed E-state index contributed by atoms with van der Waals surface area (Å²) in [5.41, 5.74) is 8.70. The van der Waals surface area contributed by atoms with Crippen LogP contribution < -0.4 is 5.73 Å². The third-order valence-electron chi connectivity index (χ3n) is 4.84. The van der Waals surface area contributed by atoms with Crippen molar-refractivity contribution in [2.24, 2.45) is 11.7 Å². The highest BCUT2D eigenvalue weighted by molar-refractivity contribution is 9.10. The van der Waals surface area contributed by atoms with Crippen molar-refractivity contribution in [2.75, 3.05) is 13.6 Å². The smallest absolute Gasteiger partial charge is 0.0470 e. The van der Waals surface area contributed by atoms with E-state index >= 15 is 0 Å². The van der Waals surface area contributed by atoms with E-state index < -0.39 is 0 Å². The van der Waals surface area contributed by atoms with Crippen molar-refractivity contribution in [3.63, 3.8) is 0 Å². The second-order valence-electron chi connectivity index (χ2n) is 6.34. The third kappa shape index (κ3) is 3.63. The van der Waals surface area contributed by atoms with E-state index in [0.717, 1.165) is 5.92 Å². The van der Waals surface area contributed by atoms with E-state index in [1.807, 2.05) is 0 Å². The van der Waals surface area contributed by atoms with Crippen LogP contribution in [0.25, 0.3) is 0 Å². The lowest BCUT2D eigenvalue weighted by Gasteiger charge is -2.38. The summed E-state index contributed by atoms with van der Waals surface area (Å²) in [6.07, 6.45) is 5.32. The Morgan fingerprint density at radius 2 is 1.95 bits per heavy atom. The molecule has 2 N–H and O–H groups in total. The van der Waals surface area contributed by atoms with Crippen LogP contribution in [-0.4, -0.2) is 24.5 Å². The second kappa shape index (κ2) is 7.06. The van der Waals surface area contributed by atoms with Gasteiger partial charge in [-0.2, -0.15) is 0 Å². The first kappa shape index (κ1) is 16.0. The Morgan fingerprint density at radius 3 is 2.50 bits per heavy atom. The molecule has 0 aliphatic heterocycles. The van der Waals surface area contributed by atoms with Gasteiger partial charge in [-0.3, -0.25) is 4.90 Å². The number of hydrogen-bond donors (Lipinski definition) is 1. The Bertz CT molecular complexity index is 439. The Balaban J connectivity index is 2.12. The van der Waals surface area contributed by atoms with Crippen molar-refractivity contribution in [1.29, 1.82) is 0 Å². The quantitative estimate of drug-likeness (QED) is 0.888. The standard InChI is InChI=1S/C17H27BrN2/c1-12-4-7-15(8-5-12)20(3)17(11-19)14-6-9-16(18)13(2)10-14/h6,9-10,12,15,17H,4-5,7-8,11,19H2,1-3H3. The molecule has 0 heterocycles. The van der Waals surface area contributed by atoms with Crippen molar-refractivity contribution in [2.45, 2.75) is 51.6 Å². The fourth-order valence-electron chi connectivity index (χ4n) is 3.32. The number of benzene rings is 1. The minimum atomic E-state index is 0.334. The number of nitrogens with zero attached hydrogens (tertiary/aromatic N) is 1. The van der Waals surface area contributed by atoms with Crippen molar-refractivity contribution in [1.82, 2.24) is 4.90 Å². The molecule has 0 saturated heterocycles. The molecule has 1 aromatic carbocycles. The van der Waals surface area contributed by atoms with Crippen molar-refractivity contribution < 1.29 is 0 Å². The average molecular weight is 339 g/mol. The molecule has 1 unspecified atom stereocenters. The molecule has 1 aliphatic carbocycles. The maximum Gasteiger partial charge on any atom is 0.0470 e. The van der Waals surface area contributed by atoms with E-state index in [1.54, 1.807) is 0 Å². The topological polar surface area (TPSA) is 29.3 Å². The van der Waals surface area contributed by atoms with Crippen LogP contribution in [0, 0.1) is 12.8 Å². The minimum absolute atomic E-state index is 0.334. The zero-order valence-electron chi connectivity index (χ0n) is 12.9. The number of rotatable bonds is 4. The Morgan fingerprint density at radius 1 is 1.30 bits per heavy atom. The highest BCUT2D eigenvalue weighted by Gasteiger charge is 2.26. The minimum Gasteiger partial charge on any atom is -0.329 e. The van der Waals surface area contributed by atoms with Crippen LogP contribution in [0.15, 0.2) is 22.7 Å². The van der Waals surface area contributed by atoms with Crippen LogP contribution in [0.3, 0.4) is 0 Å². The van der Waals surface area contributed by atoms with Crippen LogP contribution in [0.4, 0.5) is 0 Å². The molecule has 1 saturated carbocycles. The Kier molecular flexibility index (Phi) is 5.65. The van der Waals surface area contributed by atoms with Crippen LogP contribution in [0.1, 0.15) is 49.8 Å². The zero-order chi connectivity index (χ0) is 14.7. The van der Waals surface area contributed by atoms with Crippen LogP contribution in [-0.2, 0) is 0 Å². The van der Waals surface area contributed by atoms with E-state index in [0.29, 0.717) is 18.6 Å². The molecule has 20 heavy (non-hydrogen) atoms. The summed E-state index contributed by atoms with van der Waals surface area (Å²) in [4.78, 5) is 2.51. The van der Waals surface area contributed by atoms with E-state index in [9.17, 15) is 0 Å². The summed E-state index contributed by atoms with van der Waals surface area (Å²) < 4.78 is 1.17. The lowest BCUT2D eigenvalue weighted by molar-refractivity contribution is 0.126. The van der Waals surface area contributed by atoms with Gasteiger partial charge < -0.3 is 5.73 Å². The van der Waals surface area contributed by atoms with Gasteiger partial charge in [0.2, 0.25) is 0 Å². The molecule has 0 aromatic heterocycles. The lowest BCUT2D eigenvalue weighted by atomic mass is 9.86. The van der Waals surface area contributed by atoms with Gasteiger partial charge in [0, 0.05) is 23.1 Å². The molecular formula is C17H27BrN2. The van der Waals surface area contributed by atoms with Gasteiger partial charge in [-0.1, -0.05) is 35.0 Å². The maximum absolute atomic E-state index is 6.07. The van der Waals surface area contributed by atoms with E-state index in [2.05, 4.69) is 59.9 Å². The van der Waals surface area contributed by atoms with Gasteiger partial charge in [-0.15, -0.1) is 0 Å². The monoisotopic (exact) mass is 338 g/mol. The molecule has 0 radical (unpaired) electrons. The van der Waals surface area contributed by atoms with Crippen LogP contribution in [0.2, 0.25) is 0 Å². The predicted molar refractivity (Wildman–Crippen MR) is 89.9 cm³/mol. The number of hydrogen-bond acceptors (Lipinski definition) is 2. The number of aryl methyl sites for hydroxylation is 1. The van der Waals surface area contributed by atoms with Gasteiger partial charge in [0.05, 0.1) is 0 Å². The van der Waals surface area contributed by atoms with Crippen LogP contribution >= 0.6 is 15.9 Å². The highest BCUT2D eigenvalue weighted by Crippen LogP contribution is 2.32. The molecule has 0 bridgehead atoms. The van der Waals surface area contributed by atoms with E-state index in [-0.39, 0.29) is 0 Å². The molecule has 3 heteroatoms. The summed E-state index contributed by atoms with van der Waals surface area (Å²) in [5.74, 6) is 0.894. The van der Waals surface area contributed by atoms with Gasteiger partial charge in [0.1, 0.15) is 0 Å². The molecule has 1 aliphatic rings. The first-order chi connectivity index (χ1) is 9.52. The highest BCUT2D eigenvalue weighted by atomic mass is 79.9. The summed E-state index contributed by atoms with van der Waals surface area (Å²) in [7, 11) is 2.25. The van der Waals surface area contributed by atoms with Gasteiger partial charge in [-0.25, -0.2) is 0 Å². The molecule has 1 aromatic rings. The molecule has 1 atom stereocenters. The van der Waals surface area contributed by atoms with E-state index in [4.69, 9.17) is 5.73 Å². The van der Waals surface area contributed by atoms with Gasteiger partial charge >= 0.3 is 0 Å². The molecule has 112 valence electrons. The predicted octanol–water partition coefficient (Wildman–Crippen LogP) is 4.27. The first-order valence-corrected chi connectivity index (χ1v) is 8.50. The summed E-state index contributed by atoms with van der Waals surface area (Å²) in [5, 5.41) is 0. The van der Waals surface area contributed by atoms with Crippen molar-refractivity contribution in [3.8, 4) is 0 Å². The Labute approximate surface area is 131 Å². The second-order valence-corrected chi connectivity index (χ2v) is 7.19. The molecule has 2 nitrogen and oxygen atoms in total. The fraction of sp³-hybridized carbons (Fsp3) is 0.647. The third-order valence-corrected chi connectivity index (χ3v) is 5.73. The maximum atomic E-state index is 6.07. The van der Waals surface area contributed by atoms with Crippen molar-refractivity contribution in [3.05, 3.63) is 33.8 Å². The summed E-state index contributed by atoms with van der Waals surface area (Å²) >= 11 is 3.58.